The summed E-state index contributed by atoms with van der Waals surface area (Å²) in [4.78, 5) is 10.6. The normalized spacial score (nSPS) is 14.1. The first kappa shape index (κ1) is 36.4. The van der Waals surface area contributed by atoms with Crippen LogP contribution in [-0.2, 0) is 10.8 Å². The molecule has 10 aromatic rings. The topological polar surface area (TPSA) is 25.8 Å². The van der Waals surface area contributed by atoms with E-state index >= 15 is 0 Å². The molecule has 294 valence electrons. The quantitative estimate of drug-likeness (QED) is 0.173. The Labute approximate surface area is 363 Å². The van der Waals surface area contributed by atoms with Gasteiger partial charge in [-0.2, -0.15) is 0 Å². The second-order valence-electron chi connectivity index (χ2n) is 18.1. The highest BCUT2D eigenvalue weighted by Crippen LogP contribution is 2.55. The van der Waals surface area contributed by atoms with Gasteiger partial charge in [-0.05, 0) is 113 Å². The van der Waals surface area contributed by atoms with Crippen molar-refractivity contribution < 1.29 is 0 Å². The van der Waals surface area contributed by atoms with E-state index in [4.69, 9.17) is 9.97 Å². The van der Waals surface area contributed by atoms with Crippen LogP contribution in [0.2, 0.25) is 0 Å². The first-order valence-electron chi connectivity index (χ1n) is 21.7. The summed E-state index contributed by atoms with van der Waals surface area (Å²) >= 11 is 0. The van der Waals surface area contributed by atoms with E-state index in [1.807, 2.05) is 6.07 Å². The van der Waals surface area contributed by atoms with Crippen molar-refractivity contribution in [3.05, 3.63) is 216 Å². The molecular formula is C60H44N2. The smallest absolute Gasteiger partial charge is 0.160 e. The molecule has 0 aliphatic heterocycles. The summed E-state index contributed by atoms with van der Waals surface area (Å²) in [5.74, 6) is 0.708. The van der Waals surface area contributed by atoms with Gasteiger partial charge in [-0.15, -0.1) is 0 Å². The second kappa shape index (κ2) is 13.5. The summed E-state index contributed by atoms with van der Waals surface area (Å²) < 4.78 is 0. The Morgan fingerprint density at radius 3 is 1.68 bits per heavy atom. The van der Waals surface area contributed by atoms with Gasteiger partial charge in [0.25, 0.3) is 0 Å². The molecule has 0 saturated heterocycles. The Balaban J connectivity index is 1.00. The van der Waals surface area contributed by atoms with Crippen molar-refractivity contribution in [3.8, 4) is 78.4 Å². The minimum absolute atomic E-state index is 0.0978. The van der Waals surface area contributed by atoms with Crippen LogP contribution in [0.15, 0.2) is 194 Å². The molecular weight excluding hydrogens is 749 g/mol. The van der Waals surface area contributed by atoms with E-state index in [9.17, 15) is 0 Å². The van der Waals surface area contributed by atoms with Gasteiger partial charge in [0.2, 0.25) is 0 Å². The average molecular weight is 793 g/mol. The van der Waals surface area contributed by atoms with Crippen molar-refractivity contribution in [3.63, 3.8) is 0 Å². The molecule has 0 atom stereocenters. The standard InChI is InChI=1S/C60H44N2/c1-59(2)50-27-15-14-25-47(50)57-46-24-13-11-22-44(46)48(35-53(57)59)43-21-10-12-23-45(43)55-36-54(61-58(62-55)39-17-6-5-7-18-39)38-31-29-37(30-32-38)42-26-16-28-51-56(42)49-33-40-19-8-9-20-41(40)34-52(49)60(51,3)4/h5-36H,1-4H3. The van der Waals surface area contributed by atoms with Gasteiger partial charge in [0.15, 0.2) is 5.82 Å². The lowest BCUT2D eigenvalue weighted by Crippen LogP contribution is -2.15. The van der Waals surface area contributed by atoms with Gasteiger partial charge < -0.3 is 0 Å². The van der Waals surface area contributed by atoms with Crippen LogP contribution in [0.25, 0.3) is 100.0 Å². The average Bonchev–Trinajstić information content (AvgIpc) is 3.69. The Morgan fingerprint density at radius 1 is 0.306 bits per heavy atom. The number of nitrogens with zero attached hydrogens (tertiary/aromatic N) is 2. The predicted molar refractivity (Wildman–Crippen MR) is 259 cm³/mol. The van der Waals surface area contributed by atoms with Crippen molar-refractivity contribution in [2.24, 2.45) is 0 Å². The number of benzene rings is 9. The lowest BCUT2D eigenvalue weighted by molar-refractivity contribution is 0.661. The van der Waals surface area contributed by atoms with E-state index in [0.717, 1.165) is 33.6 Å². The number of aromatic nitrogens is 2. The molecule has 0 bridgehead atoms. The summed E-state index contributed by atoms with van der Waals surface area (Å²) in [6, 6.07) is 71.0. The van der Waals surface area contributed by atoms with Gasteiger partial charge in [-0.25, -0.2) is 9.97 Å². The van der Waals surface area contributed by atoms with E-state index < -0.39 is 0 Å². The third-order valence-corrected chi connectivity index (χ3v) is 13.9. The largest absolute Gasteiger partial charge is 0.228 e. The highest BCUT2D eigenvalue weighted by molar-refractivity contribution is 6.10. The molecule has 0 amide bonds. The number of hydrogen-bond acceptors (Lipinski definition) is 2. The Morgan fingerprint density at radius 2 is 0.887 bits per heavy atom. The Bertz CT molecular complexity index is 3450. The first-order valence-corrected chi connectivity index (χ1v) is 21.7. The number of hydrogen-bond donors (Lipinski definition) is 0. The molecule has 0 spiro atoms. The zero-order valence-corrected chi connectivity index (χ0v) is 35.4. The van der Waals surface area contributed by atoms with Crippen molar-refractivity contribution >= 4 is 21.5 Å². The van der Waals surface area contributed by atoms with Crippen LogP contribution >= 0.6 is 0 Å². The third kappa shape index (κ3) is 5.43. The molecule has 12 rings (SSSR count). The first-order chi connectivity index (χ1) is 30.3. The summed E-state index contributed by atoms with van der Waals surface area (Å²) in [7, 11) is 0. The van der Waals surface area contributed by atoms with E-state index in [0.29, 0.717) is 5.82 Å². The molecule has 0 radical (unpaired) electrons. The van der Waals surface area contributed by atoms with Gasteiger partial charge in [0.1, 0.15) is 0 Å². The van der Waals surface area contributed by atoms with E-state index in [2.05, 4.69) is 216 Å². The fourth-order valence-electron chi connectivity index (χ4n) is 10.7. The predicted octanol–water partition coefficient (Wildman–Crippen LogP) is 15.7. The fraction of sp³-hybridized carbons (Fsp3) is 0.100. The zero-order valence-electron chi connectivity index (χ0n) is 35.4. The number of fused-ring (bicyclic) bond motifs is 9. The van der Waals surface area contributed by atoms with Crippen molar-refractivity contribution in [2.45, 2.75) is 38.5 Å². The summed E-state index contributed by atoms with van der Waals surface area (Å²) in [6.45, 7) is 9.45. The molecule has 2 aliphatic rings. The van der Waals surface area contributed by atoms with Crippen molar-refractivity contribution in [2.75, 3.05) is 0 Å². The third-order valence-electron chi connectivity index (χ3n) is 13.9. The van der Waals surface area contributed by atoms with Gasteiger partial charge in [0.05, 0.1) is 11.4 Å². The SMILES string of the molecule is CC1(C)c2cc3ccccc3cc2-c2c(-c3ccc(-c4cc(-c5ccccc5-c5cc6c(c7ccccc57)-c5ccccc5C6(C)C)nc(-c5ccccc5)n4)cc3)cccc21. The highest BCUT2D eigenvalue weighted by Gasteiger charge is 2.38. The lowest BCUT2D eigenvalue weighted by Gasteiger charge is -2.23. The summed E-state index contributed by atoms with van der Waals surface area (Å²) in [6.07, 6.45) is 0. The van der Waals surface area contributed by atoms with Crippen molar-refractivity contribution in [1.29, 1.82) is 0 Å². The second-order valence-corrected chi connectivity index (χ2v) is 18.1. The van der Waals surface area contributed by atoms with Gasteiger partial charge in [0, 0.05) is 27.5 Å². The van der Waals surface area contributed by atoms with E-state index in [1.165, 1.54) is 82.7 Å². The molecule has 2 nitrogen and oxygen atoms in total. The molecule has 1 heterocycles. The Kier molecular flexibility index (Phi) is 7.96. The molecule has 2 aliphatic carbocycles. The molecule has 0 N–H and O–H groups in total. The zero-order chi connectivity index (χ0) is 41.7. The van der Waals surface area contributed by atoms with Crippen molar-refractivity contribution in [1.82, 2.24) is 9.97 Å². The van der Waals surface area contributed by atoms with E-state index in [-0.39, 0.29) is 10.8 Å². The summed E-state index contributed by atoms with van der Waals surface area (Å²) in [5.41, 5.74) is 20.4. The van der Waals surface area contributed by atoms with Crippen LogP contribution in [0.4, 0.5) is 0 Å². The monoisotopic (exact) mass is 792 g/mol. The van der Waals surface area contributed by atoms with Gasteiger partial charge >= 0.3 is 0 Å². The molecule has 62 heavy (non-hydrogen) atoms. The van der Waals surface area contributed by atoms with Gasteiger partial charge in [-0.3, -0.25) is 0 Å². The summed E-state index contributed by atoms with van der Waals surface area (Å²) in [5, 5.41) is 5.08. The molecule has 9 aromatic carbocycles. The maximum Gasteiger partial charge on any atom is 0.160 e. The van der Waals surface area contributed by atoms with Crippen LogP contribution in [0.3, 0.4) is 0 Å². The van der Waals surface area contributed by atoms with Crippen LogP contribution in [0, 0.1) is 0 Å². The van der Waals surface area contributed by atoms with Gasteiger partial charge in [-0.1, -0.05) is 198 Å². The minimum Gasteiger partial charge on any atom is -0.228 e. The lowest BCUT2D eigenvalue weighted by atomic mass is 9.80. The molecule has 2 heteroatoms. The molecule has 0 fully saturated rings. The molecule has 1 aromatic heterocycles. The van der Waals surface area contributed by atoms with Crippen LogP contribution in [-0.4, -0.2) is 9.97 Å². The maximum absolute atomic E-state index is 5.35. The molecule has 0 saturated carbocycles. The van der Waals surface area contributed by atoms with Crippen LogP contribution < -0.4 is 0 Å². The Hall–Kier alpha value is -7.42. The number of rotatable bonds is 5. The minimum atomic E-state index is -0.137. The maximum atomic E-state index is 5.35. The van der Waals surface area contributed by atoms with Crippen LogP contribution in [0.1, 0.15) is 49.9 Å². The van der Waals surface area contributed by atoms with E-state index in [1.54, 1.807) is 0 Å². The highest BCUT2D eigenvalue weighted by atomic mass is 14.9. The van der Waals surface area contributed by atoms with Crippen LogP contribution in [0.5, 0.6) is 0 Å². The fourth-order valence-corrected chi connectivity index (χ4v) is 10.7. The molecule has 0 unspecified atom stereocenters.